The molecule has 0 bridgehead atoms. The Morgan fingerprint density at radius 1 is 1.14 bits per heavy atom. The van der Waals surface area contributed by atoms with E-state index in [1.54, 1.807) is 6.21 Å². The van der Waals surface area contributed by atoms with Gasteiger partial charge in [0.25, 0.3) is 5.91 Å². The highest BCUT2D eigenvalue weighted by molar-refractivity contribution is 5.85. The first kappa shape index (κ1) is 20.8. The molecule has 7 heteroatoms. The van der Waals surface area contributed by atoms with Crippen LogP contribution in [0.5, 0.6) is 5.75 Å². The van der Waals surface area contributed by atoms with E-state index in [1.165, 1.54) is 0 Å². The number of rotatable bonds is 7. The zero-order chi connectivity index (χ0) is 20.8. The van der Waals surface area contributed by atoms with Gasteiger partial charge in [-0.3, -0.25) is 4.79 Å². The number of nitrogens with zero attached hydrogens (tertiary/aromatic N) is 2. The summed E-state index contributed by atoms with van der Waals surface area (Å²) in [6.45, 7) is 4.00. The van der Waals surface area contributed by atoms with Crippen molar-refractivity contribution in [1.82, 2.24) is 16.3 Å². The highest BCUT2D eigenvalue weighted by atomic mass is 16.5. The number of benzene rings is 2. The molecule has 2 aromatic rings. The van der Waals surface area contributed by atoms with Crippen molar-refractivity contribution in [2.45, 2.75) is 38.5 Å². The quantitative estimate of drug-likeness (QED) is 0.496. The van der Waals surface area contributed by atoms with Gasteiger partial charge in [0.05, 0.1) is 12.3 Å². The van der Waals surface area contributed by atoms with E-state index in [-0.39, 0.29) is 24.1 Å². The lowest BCUT2D eigenvalue weighted by Crippen LogP contribution is -2.41. The molecule has 1 fully saturated rings. The van der Waals surface area contributed by atoms with E-state index in [0.717, 1.165) is 22.6 Å². The summed E-state index contributed by atoms with van der Waals surface area (Å²) >= 11 is 0. The lowest BCUT2D eigenvalue weighted by Gasteiger charge is -2.13. The molecule has 1 heterocycles. The van der Waals surface area contributed by atoms with E-state index in [4.69, 9.17) is 4.74 Å². The largest absolute Gasteiger partial charge is 0.491 e. The fourth-order valence-corrected chi connectivity index (χ4v) is 3.10. The second kappa shape index (κ2) is 9.54. The molecule has 3 N–H and O–H groups in total. The predicted octanol–water partition coefficient (Wildman–Crippen LogP) is 2.60. The Morgan fingerprint density at radius 2 is 1.83 bits per heavy atom. The molecule has 0 saturated carbocycles. The lowest BCUT2D eigenvalue weighted by molar-refractivity contribution is -0.122. The van der Waals surface area contributed by atoms with E-state index < -0.39 is 0 Å². The van der Waals surface area contributed by atoms with E-state index >= 15 is 0 Å². The molecule has 3 rings (SSSR count). The number of hydrazone groups is 1. The van der Waals surface area contributed by atoms with Crippen LogP contribution in [0, 0.1) is 0 Å². The van der Waals surface area contributed by atoms with E-state index in [0.29, 0.717) is 6.42 Å². The molecule has 0 spiro atoms. The monoisotopic (exact) mass is 395 g/mol. The first-order valence-electron chi connectivity index (χ1n) is 9.80. The molecule has 2 unspecified atom stereocenters. The van der Waals surface area contributed by atoms with Gasteiger partial charge < -0.3 is 9.64 Å². The Bertz CT molecular complexity index is 831. The van der Waals surface area contributed by atoms with E-state index in [1.807, 2.05) is 81.4 Å². The molecule has 7 nitrogen and oxygen atoms in total. The summed E-state index contributed by atoms with van der Waals surface area (Å²) in [4.78, 5) is 14.4. The molecule has 0 aromatic heterocycles. The van der Waals surface area contributed by atoms with Gasteiger partial charge in [0.15, 0.2) is 0 Å². The van der Waals surface area contributed by atoms with Crippen molar-refractivity contribution in [2.24, 2.45) is 5.10 Å². The maximum Gasteiger partial charge on any atom is 0.258 e. The molecular formula is C22H29N5O2. The maximum atomic E-state index is 12.4. The summed E-state index contributed by atoms with van der Waals surface area (Å²) in [6, 6.07) is 15.6. The number of amides is 1. The standard InChI is InChI=1S/C22H29N5O2/c1-15(2)29-19-11-7-17(8-12-19)20-13-21(25-24-20)22(28)26-23-14-16-5-9-18(10-6-16)27(3)4/h5-12,14-15,20-21,24-25H,13H2,1-4H3,(H,26,28)/b23-14+. The van der Waals surface area contributed by atoms with Crippen molar-refractivity contribution < 1.29 is 9.53 Å². The van der Waals surface area contributed by atoms with E-state index in [9.17, 15) is 4.79 Å². The highest BCUT2D eigenvalue weighted by Crippen LogP contribution is 2.24. The number of hydrogen-bond donors (Lipinski definition) is 3. The minimum atomic E-state index is -0.347. The van der Waals surface area contributed by atoms with Gasteiger partial charge in [-0.25, -0.2) is 16.3 Å². The van der Waals surface area contributed by atoms with Gasteiger partial charge in [-0.05, 0) is 55.7 Å². The number of hydrazine groups is 1. The summed E-state index contributed by atoms with van der Waals surface area (Å²) in [7, 11) is 3.99. The molecule has 0 aliphatic carbocycles. The number of hydrogen-bond acceptors (Lipinski definition) is 6. The molecule has 154 valence electrons. The predicted molar refractivity (Wildman–Crippen MR) is 116 cm³/mol. The Balaban J connectivity index is 1.50. The van der Waals surface area contributed by atoms with Gasteiger partial charge in [-0.2, -0.15) is 5.10 Å². The Morgan fingerprint density at radius 3 is 2.45 bits per heavy atom. The van der Waals surface area contributed by atoms with Crippen LogP contribution in [0.15, 0.2) is 53.6 Å². The molecule has 0 radical (unpaired) electrons. The molecular weight excluding hydrogens is 366 g/mol. The van der Waals surface area contributed by atoms with Crippen LogP contribution in [0.25, 0.3) is 0 Å². The van der Waals surface area contributed by atoms with Crippen molar-refractivity contribution in [2.75, 3.05) is 19.0 Å². The van der Waals surface area contributed by atoms with Crippen LogP contribution in [0.1, 0.15) is 37.4 Å². The van der Waals surface area contributed by atoms with Crippen molar-refractivity contribution >= 4 is 17.8 Å². The van der Waals surface area contributed by atoms with Crippen LogP contribution in [-0.4, -0.2) is 38.4 Å². The van der Waals surface area contributed by atoms with Gasteiger partial charge in [0.2, 0.25) is 0 Å². The topological polar surface area (TPSA) is 78.0 Å². The number of nitrogens with one attached hydrogen (secondary N) is 3. The minimum absolute atomic E-state index is 0.0569. The SMILES string of the molecule is CC(C)Oc1ccc(C2CC(C(=O)N/N=C/c3ccc(N(C)C)cc3)NN2)cc1. The van der Waals surface area contributed by atoms with Crippen LogP contribution in [0.4, 0.5) is 5.69 Å². The third-order valence-corrected chi connectivity index (χ3v) is 4.67. The molecule has 1 amide bonds. The van der Waals surface area contributed by atoms with Crippen molar-refractivity contribution in [3.63, 3.8) is 0 Å². The molecule has 29 heavy (non-hydrogen) atoms. The smallest absolute Gasteiger partial charge is 0.258 e. The van der Waals surface area contributed by atoms with Gasteiger partial charge >= 0.3 is 0 Å². The van der Waals surface area contributed by atoms with Crippen LogP contribution in [-0.2, 0) is 4.79 Å². The van der Waals surface area contributed by atoms with Crippen LogP contribution < -0.4 is 25.9 Å². The fourth-order valence-electron chi connectivity index (χ4n) is 3.10. The molecule has 1 aliphatic rings. The Labute approximate surface area is 172 Å². The summed E-state index contributed by atoms with van der Waals surface area (Å²) in [6.07, 6.45) is 2.43. The van der Waals surface area contributed by atoms with Gasteiger partial charge in [0.1, 0.15) is 11.8 Å². The van der Waals surface area contributed by atoms with Crippen molar-refractivity contribution in [1.29, 1.82) is 0 Å². The summed E-state index contributed by atoms with van der Waals surface area (Å²) in [5.41, 5.74) is 12.0. The fraction of sp³-hybridized carbons (Fsp3) is 0.364. The maximum absolute atomic E-state index is 12.4. The van der Waals surface area contributed by atoms with Crippen LogP contribution in [0.3, 0.4) is 0 Å². The molecule has 1 saturated heterocycles. The second-order valence-electron chi connectivity index (χ2n) is 7.59. The number of carbonyl (C=O) groups excluding carboxylic acids is 1. The second-order valence-corrected chi connectivity index (χ2v) is 7.59. The van der Waals surface area contributed by atoms with Gasteiger partial charge in [-0.1, -0.05) is 24.3 Å². The summed E-state index contributed by atoms with van der Waals surface area (Å²) in [5.74, 6) is 0.679. The summed E-state index contributed by atoms with van der Waals surface area (Å²) < 4.78 is 5.67. The number of anilines is 1. The average molecular weight is 396 g/mol. The average Bonchev–Trinajstić information content (AvgIpc) is 3.19. The normalized spacial score (nSPS) is 18.9. The molecule has 2 atom stereocenters. The zero-order valence-corrected chi connectivity index (χ0v) is 17.3. The van der Waals surface area contributed by atoms with Crippen LogP contribution >= 0.6 is 0 Å². The Kier molecular flexibility index (Phi) is 6.85. The van der Waals surface area contributed by atoms with Crippen molar-refractivity contribution in [3.8, 4) is 5.75 Å². The zero-order valence-electron chi connectivity index (χ0n) is 17.3. The highest BCUT2D eigenvalue weighted by Gasteiger charge is 2.30. The number of ether oxygens (including phenoxy) is 1. The van der Waals surface area contributed by atoms with Crippen molar-refractivity contribution in [3.05, 3.63) is 59.7 Å². The van der Waals surface area contributed by atoms with Gasteiger partial charge in [0, 0.05) is 25.8 Å². The lowest BCUT2D eigenvalue weighted by atomic mass is 10.0. The molecule has 1 aliphatic heterocycles. The van der Waals surface area contributed by atoms with E-state index in [2.05, 4.69) is 21.4 Å². The van der Waals surface area contributed by atoms with Crippen LogP contribution in [0.2, 0.25) is 0 Å². The first-order valence-corrected chi connectivity index (χ1v) is 9.80. The minimum Gasteiger partial charge on any atom is -0.491 e. The van der Waals surface area contributed by atoms with Gasteiger partial charge in [-0.15, -0.1) is 0 Å². The first-order chi connectivity index (χ1) is 13.9. The molecule has 2 aromatic carbocycles. The third-order valence-electron chi connectivity index (χ3n) is 4.67. The third kappa shape index (κ3) is 5.79. The summed E-state index contributed by atoms with van der Waals surface area (Å²) in [5, 5.41) is 4.08. The Hall–Kier alpha value is -2.90. The number of carbonyl (C=O) groups is 1.